The van der Waals surface area contributed by atoms with Gasteiger partial charge in [0.15, 0.2) is 5.13 Å². The maximum atomic E-state index is 12.5. The first-order valence-electron chi connectivity index (χ1n) is 9.38. The van der Waals surface area contributed by atoms with Crippen molar-refractivity contribution in [1.82, 2.24) is 25.2 Å². The maximum absolute atomic E-state index is 12.5. The monoisotopic (exact) mass is 498 g/mol. The molecule has 164 valence electrons. The van der Waals surface area contributed by atoms with Crippen LogP contribution < -0.4 is 16.0 Å². The van der Waals surface area contributed by atoms with E-state index in [1.165, 1.54) is 11.3 Å². The molecule has 0 aliphatic carbocycles. The number of carbonyl (C=O) groups excluding carboxylic acids is 1. The number of anilines is 2. The number of amides is 1. The first-order chi connectivity index (χ1) is 14.1. The SMILES string of the molecule is Cl.Cl.Cn1c(Nc2nc3ccc(Cl)cc3s2)nc2cc(C(=O)N[C@H]3CCNC3)ccc21. The Hall–Kier alpha value is -2.10. The van der Waals surface area contributed by atoms with Gasteiger partial charge in [0.1, 0.15) is 0 Å². The number of hydrogen-bond donors (Lipinski definition) is 3. The summed E-state index contributed by atoms with van der Waals surface area (Å²) in [5.41, 5.74) is 3.21. The first kappa shape index (κ1) is 23.6. The Balaban J connectivity index is 0.00000136. The fourth-order valence-electron chi connectivity index (χ4n) is 3.55. The Bertz CT molecular complexity index is 1230. The molecule has 3 heterocycles. The van der Waals surface area contributed by atoms with Crippen molar-refractivity contribution in [2.75, 3.05) is 18.4 Å². The maximum Gasteiger partial charge on any atom is 0.251 e. The Labute approximate surface area is 200 Å². The summed E-state index contributed by atoms with van der Waals surface area (Å²) >= 11 is 7.59. The van der Waals surface area contributed by atoms with E-state index in [0.29, 0.717) is 16.5 Å². The normalized spacial score (nSPS) is 15.5. The summed E-state index contributed by atoms with van der Waals surface area (Å²) in [6.07, 6.45) is 0.957. The minimum atomic E-state index is -0.0659. The van der Waals surface area contributed by atoms with Gasteiger partial charge in [0.25, 0.3) is 5.91 Å². The van der Waals surface area contributed by atoms with Crippen LogP contribution in [0.25, 0.3) is 21.3 Å². The minimum absolute atomic E-state index is 0. The topological polar surface area (TPSA) is 83.9 Å². The molecule has 1 atom stereocenters. The van der Waals surface area contributed by atoms with Crippen LogP contribution in [0.2, 0.25) is 5.02 Å². The minimum Gasteiger partial charge on any atom is -0.348 e. The number of thiazole rings is 1. The quantitative estimate of drug-likeness (QED) is 0.385. The third kappa shape index (κ3) is 4.73. The van der Waals surface area contributed by atoms with Gasteiger partial charge in [-0.2, -0.15) is 0 Å². The van der Waals surface area contributed by atoms with Gasteiger partial charge in [0, 0.05) is 30.2 Å². The van der Waals surface area contributed by atoms with E-state index in [0.717, 1.165) is 45.9 Å². The van der Waals surface area contributed by atoms with Gasteiger partial charge in [-0.05, 0) is 49.4 Å². The second kappa shape index (κ2) is 9.58. The molecule has 11 heteroatoms. The zero-order valence-corrected chi connectivity index (χ0v) is 19.7. The number of nitrogens with zero attached hydrogens (tertiary/aromatic N) is 3. The van der Waals surface area contributed by atoms with Crippen LogP contribution >= 0.6 is 47.8 Å². The van der Waals surface area contributed by atoms with Crippen LogP contribution in [0.3, 0.4) is 0 Å². The number of nitrogens with one attached hydrogen (secondary N) is 3. The highest BCUT2D eigenvalue weighted by atomic mass is 35.5. The van der Waals surface area contributed by atoms with E-state index >= 15 is 0 Å². The van der Waals surface area contributed by atoms with Gasteiger partial charge in [-0.3, -0.25) is 4.79 Å². The largest absolute Gasteiger partial charge is 0.348 e. The zero-order valence-electron chi connectivity index (χ0n) is 16.5. The number of rotatable bonds is 4. The summed E-state index contributed by atoms with van der Waals surface area (Å²) in [6.45, 7) is 1.76. The van der Waals surface area contributed by atoms with Crippen molar-refractivity contribution in [2.45, 2.75) is 12.5 Å². The first-order valence-corrected chi connectivity index (χ1v) is 10.6. The standard InChI is InChI=1S/C20H19ClN6OS.2ClH/c1-27-16-5-2-11(18(28)23-13-6-7-22-10-13)8-15(16)24-19(27)26-20-25-14-4-3-12(21)9-17(14)29-20;;/h2-5,8-9,13,22H,6-7,10H2,1H3,(H,23,28)(H,24,25,26);2*1H/t13-;;/m0../s1. The summed E-state index contributed by atoms with van der Waals surface area (Å²) in [6, 6.07) is 11.4. The fourth-order valence-corrected chi connectivity index (χ4v) is 4.68. The number of benzene rings is 2. The van der Waals surface area contributed by atoms with Crippen molar-refractivity contribution in [3.8, 4) is 0 Å². The highest BCUT2D eigenvalue weighted by Gasteiger charge is 2.18. The third-order valence-corrected chi connectivity index (χ3v) is 6.28. The molecule has 5 rings (SSSR count). The van der Waals surface area contributed by atoms with Crippen LogP contribution in [0.4, 0.5) is 11.1 Å². The molecule has 0 bridgehead atoms. The number of carbonyl (C=O) groups is 1. The van der Waals surface area contributed by atoms with E-state index in [4.69, 9.17) is 11.6 Å². The molecule has 2 aromatic carbocycles. The van der Waals surface area contributed by atoms with E-state index < -0.39 is 0 Å². The van der Waals surface area contributed by atoms with Crippen molar-refractivity contribution in [2.24, 2.45) is 7.05 Å². The highest BCUT2D eigenvalue weighted by molar-refractivity contribution is 7.22. The van der Waals surface area contributed by atoms with Crippen molar-refractivity contribution in [1.29, 1.82) is 0 Å². The highest BCUT2D eigenvalue weighted by Crippen LogP contribution is 2.31. The molecule has 0 saturated carbocycles. The average molecular weight is 500 g/mol. The second-order valence-corrected chi connectivity index (χ2v) is 8.58. The molecule has 1 saturated heterocycles. The third-order valence-electron chi connectivity index (χ3n) is 5.11. The summed E-state index contributed by atoms with van der Waals surface area (Å²) in [5, 5.41) is 11.0. The molecule has 0 spiro atoms. The lowest BCUT2D eigenvalue weighted by molar-refractivity contribution is 0.0940. The molecule has 7 nitrogen and oxygen atoms in total. The van der Waals surface area contributed by atoms with Crippen LogP contribution in [0.1, 0.15) is 16.8 Å². The summed E-state index contributed by atoms with van der Waals surface area (Å²) in [7, 11) is 1.94. The molecule has 4 aromatic rings. The molecule has 0 radical (unpaired) electrons. The Kier molecular flexibility index (Phi) is 7.28. The molecule has 2 aromatic heterocycles. The molecule has 1 aliphatic heterocycles. The van der Waals surface area contributed by atoms with Gasteiger partial charge >= 0.3 is 0 Å². The molecule has 1 fully saturated rings. The van der Waals surface area contributed by atoms with Crippen LogP contribution in [0.5, 0.6) is 0 Å². The number of halogens is 3. The van der Waals surface area contributed by atoms with Crippen LogP contribution in [0, 0.1) is 0 Å². The Morgan fingerprint density at radius 3 is 2.81 bits per heavy atom. The second-order valence-electron chi connectivity index (χ2n) is 7.12. The van der Waals surface area contributed by atoms with E-state index in [-0.39, 0.29) is 36.8 Å². The van der Waals surface area contributed by atoms with E-state index in [9.17, 15) is 4.79 Å². The van der Waals surface area contributed by atoms with Crippen LogP contribution in [-0.2, 0) is 7.05 Å². The molecular weight excluding hydrogens is 479 g/mol. The van der Waals surface area contributed by atoms with Crippen molar-refractivity contribution < 1.29 is 4.79 Å². The van der Waals surface area contributed by atoms with E-state index in [2.05, 4.69) is 25.9 Å². The van der Waals surface area contributed by atoms with Crippen LogP contribution in [0.15, 0.2) is 36.4 Å². The van der Waals surface area contributed by atoms with Gasteiger partial charge in [-0.25, -0.2) is 9.97 Å². The summed E-state index contributed by atoms with van der Waals surface area (Å²) in [5.74, 6) is 0.603. The van der Waals surface area contributed by atoms with Gasteiger partial charge in [0.05, 0.1) is 21.3 Å². The van der Waals surface area contributed by atoms with Crippen molar-refractivity contribution in [3.63, 3.8) is 0 Å². The smallest absolute Gasteiger partial charge is 0.251 e. The number of fused-ring (bicyclic) bond motifs is 2. The van der Waals surface area contributed by atoms with Gasteiger partial charge in [-0.1, -0.05) is 22.9 Å². The van der Waals surface area contributed by atoms with Gasteiger partial charge < -0.3 is 20.5 Å². The van der Waals surface area contributed by atoms with Crippen molar-refractivity contribution in [3.05, 3.63) is 47.0 Å². The van der Waals surface area contributed by atoms with E-state index in [1.807, 2.05) is 48.0 Å². The average Bonchev–Trinajstić information content (AvgIpc) is 3.41. The van der Waals surface area contributed by atoms with Crippen molar-refractivity contribution >= 4 is 86.0 Å². The molecular formula is C20H21Cl3N6OS. The molecule has 0 unspecified atom stereocenters. The number of aryl methyl sites for hydroxylation is 1. The van der Waals surface area contributed by atoms with Crippen LogP contribution in [-0.4, -0.2) is 39.6 Å². The molecule has 1 aliphatic rings. The predicted molar refractivity (Wildman–Crippen MR) is 132 cm³/mol. The Morgan fingerprint density at radius 2 is 2.03 bits per heavy atom. The Morgan fingerprint density at radius 1 is 1.19 bits per heavy atom. The lowest BCUT2D eigenvalue weighted by atomic mass is 10.1. The summed E-state index contributed by atoms with van der Waals surface area (Å²) in [4.78, 5) is 21.8. The zero-order chi connectivity index (χ0) is 20.0. The lowest BCUT2D eigenvalue weighted by Crippen LogP contribution is -2.36. The van der Waals surface area contributed by atoms with E-state index in [1.54, 1.807) is 0 Å². The summed E-state index contributed by atoms with van der Waals surface area (Å²) < 4.78 is 2.97. The lowest BCUT2D eigenvalue weighted by Gasteiger charge is -2.11. The molecule has 1 amide bonds. The predicted octanol–water partition coefficient (Wildman–Crippen LogP) is 4.52. The number of imidazole rings is 1. The number of aromatic nitrogens is 3. The molecule has 3 N–H and O–H groups in total. The van der Waals surface area contributed by atoms with Gasteiger partial charge in [-0.15, -0.1) is 24.8 Å². The van der Waals surface area contributed by atoms with Gasteiger partial charge in [0.2, 0.25) is 5.95 Å². The molecule has 31 heavy (non-hydrogen) atoms. The number of hydrogen-bond acceptors (Lipinski definition) is 6. The fraction of sp³-hybridized carbons (Fsp3) is 0.250.